The number of rotatable bonds is 5. The molecule has 12 rings (SSSR count). The molecule has 0 aliphatic carbocycles. The summed E-state index contributed by atoms with van der Waals surface area (Å²) in [5.74, 6) is 0. The Balaban J connectivity index is 0.952. The third kappa shape index (κ3) is 4.80. The molecule has 0 fully saturated rings. The van der Waals surface area contributed by atoms with E-state index in [0.717, 1.165) is 22.7 Å². The minimum atomic E-state index is 1.12. The van der Waals surface area contributed by atoms with Crippen LogP contribution in [-0.4, -0.2) is 4.57 Å². The van der Waals surface area contributed by atoms with Crippen molar-refractivity contribution in [3.05, 3.63) is 194 Å². The second-order valence-electron chi connectivity index (χ2n) is 14.5. The van der Waals surface area contributed by atoms with E-state index < -0.39 is 0 Å². The van der Waals surface area contributed by atoms with E-state index >= 15 is 0 Å². The summed E-state index contributed by atoms with van der Waals surface area (Å²) < 4.78 is 7.72. The van der Waals surface area contributed by atoms with Crippen molar-refractivity contribution in [3.8, 4) is 16.8 Å². The molecule has 12 aromatic rings. The van der Waals surface area contributed by atoms with Crippen LogP contribution in [0.25, 0.3) is 89.7 Å². The molecule has 0 radical (unpaired) electrons. The van der Waals surface area contributed by atoms with Gasteiger partial charge in [0.25, 0.3) is 0 Å². The van der Waals surface area contributed by atoms with Crippen molar-refractivity contribution < 1.29 is 0 Å². The van der Waals surface area contributed by atoms with E-state index in [4.69, 9.17) is 0 Å². The van der Waals surface area contributed by atoms with Gasteiger partial charge < -0.3 is 9.47 Å². The van der Waals surface area contributed by atoms with Gasteiger partial charge in [0, 0.05) is 73.9 Å². The normalized spacial score (nSPS) is 11.9. The molecular formula is C52H32N2S2. The molecule has 262 valence electrons. The quantitative estimate of drug-likeness (QED) is 0.170. The Bertz CT molecular complexity index is 3460. The van der Waals surface area contributed by atoms with Gasteiger partial charge in [-0.25, -0.2) is 0 Å². The zero-order chi connectivity index (χ0) is 36.7. The van der Waals surface area contributed by atoms with E-state index in [2.05, 4.69) is 204 Å². The van der Waals surface area contributed by atoms with Crippen LogP contribution >= 0.6 is 22.7 Å². The molecule has 4 heteroatoms. The predicted molar refractivity (Wildman–Crippen MR) is 244 cm³/mol. The average Bonchev–Trinajstić information content (AvgIpc) is 3.94. The maximum absolute atomic E-state index is 2.38. The maximum Gasteiger partial charge on any atom is 0.0542 e. The Labute approximate surface area is 331 Å². The number of fused-ring (bicyclic) bond motifs is 12. The molecule has 0 saturated carbocycles. The molecule has 56 heavy (non-hydrogen) atoms. The van der Waals surface area contributed by atoms with Gasteiger partial charge in [-0.1, -0.05) is 109 Å². The van der Waals surface area contributed by atoms with E-state index in [1.54, 1.807) is 0 Å². The minimum Gasteiger partial charge on any atom is -0.310 e. The van der Waals surface area contributed by atoms with Crippen molar-refractivity contribution >= 4 is 113 Å². The van der Waals surface area contributed by atoms with Crippen molar-refractivity contribution in [2.45, 2.75) is 0 Å². The molecule has 3 aromatic heterocycles. The first-order valence-corrected chi connectivity index (χ1v) is 20.6. The summed E-state index contributed by atoms with van der Waals surface area (Å²) in [7, 11) is 0. The Morgan fingerprint density at radius 2 is 0.875 bits per heavy atom. The molecular weight excluding hydrogens is 717 g/mol. The van der Waals surface area contributed by atoms with Gasteiger partial charge in [0.05, 0.1) is 11.0 Å². The molecule has 0 saturated heterocycles. The number of benzene rings is 9. The fourth-order valence-electron chi connectivity index (χ4n) is 8.87. The lowest BCUT2D eigenvalue weighted by Gasteiger charge is -2.26. The zero-order valence-corrected chi connectivity index (χ0v) is 31.8. The van der Waals surface area contributed by atoms with Crippen LogP contribution in [0.2, 0.25) is 0 Å². The highest BCUT2D eigenvalue weighted by atomic mass is 32.1. The molecule has 0 spiro atoms. The molecule has 3 heterocycles. The molecule has 0 aliphatic rings. The number of anilines is 3. The Hall–Kier alpha value is -6.72. The van der Waals surface area contributed by atoms with E-state index in [9.17, 15) is 0 Å². The predicted octanol–water partition coefficient (Wildman–Crippen LogP) is 15.8. The monoisotopic (exact) mass is 748 g/mol. The Morgan fingerprint density at radius 1 is 0.321 bits per heavy atom. The average molecular weight is 749 g/mol. The first kappa shape index (κ1) is 31.6. The van der Waals surface area contributed by atoms with Gasteiger partial charge in [0.15, 0.2) is 0 Å². The Morgan fingerprint density at radius 3 is 1.64 bits per heavy atom. The van der Waals surface area contributed by atoms with Crippen LogP contribution in [0.3, 0.4) is 0 Å². The molecule has 0 aliphatic heterocycles. The summed E-state index contributed by atoms with van der Waals surface area (Å²) in [6.07, 6.45) is 0. The van der Waals surface area contributed by atoms with Crippen molar-refractivity contribution in [1.82, 2.24) is 4.57 Å². The van der Waals surface area contributed by atoms with Crippen LogP contribution in [0, 0.1) is 0 Å². The summed E-state index contributed by atoms with van der Waals surface area (Å²) in [5.41, 5.74) is 9.37. The van der Waals surface area contributed by atoms with E-state index in [-0.39, 0.29) is 0 Å². The highest BCUT2D eigenvalue weighted by molar-refractivity contribution is 7.26. The summed E-state index contributed by atoms with van der Waals surface area (Å²) in [6.45, 7) is 0. The third-order valence-corrected chi connectivity index (χ3v) is 13.6. The van der Waals surface area contributed by atoms with Crippen molar-refractivity contribution in [3.63, 3.8) is 0 Å². The lowest BCUT2D eigenvalue weighted by molar-refractivity contribution is 1.18. The van der Waals surface area contributed by atoms with E-state index in [1.807, 2.05) is 22.7 Å². The number of hydrogen-bond acceptors (Lipinski definition) is 3. The molecule has 0 amide bonds. The van der Waals surface area contributed by atoms with Crippen LogP contribution < -0.4 is 4.90 Å². The SMILES string of the molecule is c1ccc(N(c2ccc(-c3ccc4c(c3)sc3ccc5c(ccc6sc7ccccc7c65)c34)cc2)c2ccc3c(c2)c2ccccc2n3-c2ccccc2)cc1. The van der Waals surface area contributed by atoms with Crippen LogP contribution in [0.5, 0.6) is 0 Å². The van der Waals surface area contributed by atoms with Crippen LogP contribution in [0.1, 0.15) is 0 Å². The van der Waals surface area contributed by atoms with Gasteiger partial charge >= 0.3 is 0 Å². The van der Waals surface area contributed by atoms with E-state index in [1.165, 1.54) is 84.0 Å². The number of thiophene rings is 2. The van der Waals surface area contributed by atoms with Gasteiger partial charge in [-0.15, -0.1) is 22.7 Å². The summed E-state index contributed by atoms with van der Waals surface area (Å²) in [5, 5.41) is 10.6. The van der Waals surface area contributed by atoms with Crippen molar-refractivity contribution in [1.29, 1.82) is 0 Å². The van der Waals surface area contributed by atoms with Gasteiger partial charge in [-0.05, 0) is 107 Å². The van der Waals surface area contributed by atoms with Crippen LogP contribution in [-0.2, 0) is 0 Å². The number of aromatic nitrogens is 1. The van der Waals surface area contributed by atoms with Gasteiger partial charge in [0.1, 0.15) is 0 Å². The van der Waals surface area contributed by atoms with Gasteiger partial charge in [0.2, 0.25) is 0 Å². The molecule has 2 nitrogen and oxygen atoms in total. The molecule has 0 N–H and O–H groups in total. The lowest BCUT2D eigenvalue weighted by atomic mass is 9.98. The summed E-state index contributed by atoms with van der Waals surface area (Å²) in [6, 6.07) is 71.2. The molecule has 9 aromatic carbocycles. The molecule has 0 atom stereocenters. The Kier molecular flexibility index (Phi) is 7.00. The number of hydrogen-bond donors (Lipinski definition) is 0. The molecule has 0 bridgehead atoms. The first-order chi connectivity index (χ1) is 27.8. The zero-order valence-electron chi connectivity index (χ0n) is 30.2. The summed E-state index contributed by atoms with van der Waals surface area (Å²) in [4.78, 5) is 2.37. The first-order valence-electron chi connectivity index (χ1n) is 19.0. The third-order valence-electron chi connectivity index (χ3n) is 11.4. The maximum atomic E-state index is 2.38. The highest BCUT2D eigenvalue weighted by Crippen LogP contribution is 2.45. The van der Waals surface area contributed by atoms with Gasteiger partial charge in [-0.2, -0.15) is 0 Å². The second-order valence-corrected chi connectivity index (χ2v) is 16.7. The smallest absolute Gasteiger partial charge is 0.0542 e. The van der Waals surface area contributed by atoms with Gasteiger partial charge in [-0.3, -0.25) is 0 Å². The topological polar surface area (TPSA) is 8.17 Å². The lowest BCUT2D eigenvalue weighted by Crippen LogP contribution is -2.09. The fraction of sp³-hybridized carbons (Fsp3) is 0. The number of para-hydroxylation sites is 3. The van der Waals surface area contributed by atoms with Crippen molar-refractivity contribution in [2.75, 3.05) is 4.90 Å². The molecule has 0 unspecified atom stereocenters. The highest BCUT2D eigenvalue weighted by Gasteiger charge is 2.18. The largest absolute Gasteiger partial charge is 0.310 e. The van der Waals surface area contributed by atoms with Crippen LogP contribution in [0.4, 0.5) is 17.1 Å². The minimum absolute atomic E-state index is 1.12. The fourth-order valence-corrected chi connectivity index (χ4v) is 11.1. The van der Waals surface area contributed by atoms with Crippen molar-refractivity contribution in [2.24, 2.45) is 0 Å². The van der Waals surface area contributed by atoms with E-state index in [0.29, 0.717) is 0 Å². The second kappa shape index (κ2) is 12.4. The standard InChI is InChI=1S/C52H32N2S2/c1-3-11-35(12-4-1)53(38-24-28-46-44(32-38)39-15-7-9-17-45(39)54(46)36-13-5-2-6-14-36)37-22-19-33(20-23-37)34-21-25-43-50(31-34)56-49-30-27-40-41(52(43)49)26-29-48-51(40)42-16-8-10-18-47(42)55-48/h1-32H. The summed E-state index contributed by atoms with van der Waals surface area (Å²) >= 11 is 3.78. The van der Waals surface area contributed by atoms with Crippen LogP contribution in [0.15, 0.2) is 194 Å². The number of nitrogens with zero attached hydrogens (tertiary/aromatic N) is 2.